The second-order valence-corrected chi connectivity index (χ2v) is 2.31. The summed E-state index contributed by atoms with van der Waals surface area (Å²) < 4.78 is 36.4. The summed E-state index contributed by atoms with van der Waals surface area (Å²) in [7, 11) is 0. The van der Waals surface area contributed by atoms with E-state index in [0.29, 0.717) is 6.29 Å². The molecule has 72 valence electrons. The van der Waals surface area contributed by atoms with Crippen molar-refractivity contribution in [2.24, 2.45) is 0 Å². The van der Waals surface area contributed by atoms with Crippen molar-refractivity contribution < 1.29 is 18.0 Å². The van der Waals surface area contributed by atoms with Crippen molar-refractivity contribution in [1.82, 2.24) is 4.98 Å². The smallest absolute Gasteiger partial charge is 0.289 e. The number of pyridine rings is 1. The van der Waals surface area contributed by atoms with Crippen molar-refractivity contribution in [1.29, 1.82) is 0 Å². The quantitative estimate of drug-likeness (QED) is 0.469. The number of carbonyl (C=O) groups excluding carboxylic acids is 1. The predicted molar refractivity (Wildman–Crippen MR) is 42.2 cm³/mol. The topological polar surface area (TPSA) is 30.0 Å². The van der Waals surface area contributed by atoms with Gasteiger partial charge in [0.2, 0.25) is 0 Å². The van der Waals surface area contributed by atoms with Crippen molar-refractivity contribution in [3.05, 3.63) is 29.6 Å². The molecule has 0 fully saturated rings. The highest BCUT2D eigenvalue weighted by Crippen LogP contribution is 2.28. The predicted octanol–water partition coefficient (Wildman–Crippen LogP) is 1.65. The van der Waals surface area contributed by atoms with Crippen LogP contribution >= 0.6 is 0 Å². The number of carbonyl (C=O) groups is 1. The number of aldehydes is 1. The minimum atomic E-state index is -4.42. The summed E-state index contributed by atoms with van der Waals surface area (Å²) in [6.45, 7) is 0. The summed E-state index contributed by atoms with van der Waals surface area (Å²) in [5.41, 5.74) is -0.908. The van der Waals surface area contributed by atoms with Gasteiger partial charge in [-0.2, -0.15) is 13.2 Å². The summed E-state index contributed by atoms with van der Waals surface area (Å²) >= 11 is 0. The van der Waals surface area contributed by atoms with Crippen molar-refractivity contribution >= 4 is 6.29 Å². The van der Waals surface area contributed by atoms with E-state index in [1.807, 2.05) is 5.92 Å². The van der Waals surface area contributed by atoms with Gasteiger partial charge in [0.15, 0.2) is 6.29 Å². The minimum absolute atomic E-state index is 0.0769. The van der Waals surface area contributed by atoms with Gasteiger partial charge in [0.1, 0.15) is 5.69 Å². The molecule has 0 aliphatic rings. The van der Waals surface area contributed by atoms with E-state index < -0.39 is 11.7 Å². The molecule has 1 aromatic rings. The number of rotatable bonds is 0. The molecule has 0 bridgehead atoms. The van der Waals surface area contributed by atoms with E-state index in [4.69, 9.17) is 0 Å². The average molecular weight is 199 g/mol. The van der Waals surface area contributed by atoms with E-state index >= 15 is 0 Å². The van der Waals surface area contributed by atoms with Gasteiger partial charge in [-0.3, -0.25) is 4.79 Å². The molecule has 0 N–H and O–H groups in total. The number of nitrogens with zero attached hydrogens (tertiary/aromatic N) is 1. The lowest BCUT2D eigenvalue weighted by atomic mass is 10.2. The Hall–Kier alpha value is -1.83. The summed E-state index contributed by atoms with van der Waals surface area (Å²) in [5.74, 6) is 4.16. The van der Waals surface area contributed by atoms with E-state index in [2.05, 4.69) is 10.9 Å². The average Bonchev–Trinajstić information content (AvgIpc) is 2.14. The number of hydrogen-bond acceptors (Lipinski definition) is 2. The number of halogens is 3. The standard InChI is InChI=1S/C9H4F3NO/c10-9(11,12)7-3-4-13-8(6-7)2-1-5-14/h3-6H. The summed E-state index contributed by atoms with van der Waals surface area (Å²) in [4.78, 5) is 13.4. The zero-order valence-electron chi connectivity index (χ0n) is 6.80. The zero-order valence-corrected chi connectivity index (χ0v) is 6.80. The van der Waals surface area contributed by atoms with Gasteiger partial charge in [0.05, 0.1) is 5.56 Å². The van der Waals surface area contributed by atoms with E-state index in [1.165, 1.54) is 0 Å². The lowest BCUT2D eigenvalue weighted by Gasteiger charge is -2.05. The van der Waals surface area contributed by atoms with Gasteiger partial charge in [-0.1, -0.05) is 0 Å². The molecule has 0 saturated carbocycles. The Bertz CT molecular complexity index is 400. The Morgan fingerprint density at radius 1 is 1.43 bits per heavy atom. The molecular formula is C9H4F3NO. The Morgan fingerprint density at radius 2 is 2.14 bits per heavy atom. The Morgan fingerprint density at radius 3 is 2.71 bits per heavy atom. The molecule has 1 aromatic heterocycles. The fraction of sp³-hybridized carbons (Fsp3) is 0.111. The van der Waals surface area contributed by atoms with Crippen LogP contribution in [0.3, 0.4) is 0 Å². The van der Waals surface area contributed by atoms with Crippen molar-refractivity contribution in [3.63, 3.8) is 0 Å². The Kier molecular flexibility index (Phi) is 2.87. The van der Waals surface area contributed by atoms with Crippen LogP contribution < -0.4 is 0 Å². The molecule has 0 unspecified atom stereocenters. The lowest BCUT2D eigenvalue weighted by Crippen LogP contribution is -2.05. The molecule has 14 heavy (non-hydrogen) atoms. The third kappa shape index (κ3) is 2.59. The minimum Gasteiger partial charge on any atom is -0.289 e. The zero-order chi connectivity index (χ0) is 10.6. The molecule has 0 saturated heterocycles. The maximum absolute atomic E-state index is 12.1. The van der Waals surface area contributed by atoms with Gasteiger partial charge in [-0.15, -0.1) is 0 Å². The van der Waals surface area contributed by atoms with Gasteiger partial charge in [-0.05, 0) is 24.0 Å². The highest BCUT2D eigenvalue weighted by Gasteiger charge is 2.30. The van der Waals surface area contributed by atoms with E-state index in [-0.39, 0.29) is 5.69 Å². The van der Waals surface area contributed by atoms with Gasteiger partial charge >= 0.3 is 6.18 Å². The molecular weight excluding hydrogens is 195 g/mol. The molecule has 2 nitrogen and oxygen atoms in total. The largest absolute Gasteiger partial charge is 0.416 e. The van der Waals surface area contributed by atoms with Crippen LogP contribution in [-0.2, 0) is 11.0 Å². The van der Waals surface area contributed by atoms with Crippen LogP contribution in [0.4, 0.5) is 13.2 Å². The fourth-order valence-electron chi connectivity index (χ4n) is 0.779. The van der Waals surface area contributed by atoms with E-state index in [0.717, 1.165) is 18.3 Å². The number of alkyl halides is 3. The van der Waals surface area contributed by atoms with Crippen molar-refractivity contribution in [2.75, 3.05) is 0 Å². The molecule has 5 heteroatoms. The maximum Gasteiger partial charge on any atom is 0.416 e. The molecule has 1 rings (SSSR count). The van der Waals surface area contributed by atoms with Gasteiger partial charge < -0.3 is 0 Å². The summed E-state index contributed by atoms with van der Waals surface area (Å²) in [6.07, 6.45) is -3.12. The van der Waals surface area contributed by atoms with E-state index in [9.17, 15) is 18.0 Å². The van der Waals surface area contributed by atoms with Gasteiger partial charge in [0, 0.05) is 6.20 Å². The van der Waals surface area contributed by atoms with Crippen LogP contribution in [-0.4, -0.2) is 11.3 Å². The highest BCUT2D eigenvalue weighted by molar-refractivity contribution is 5.73. The molecule has 0 aromatic carbocycles. The van der Waals surface area contributed by atoms with Crippen LogP contribution in [0.5, 0.6) is 0 Å². The first-order valence-corrected chi connectivity index (χ1v) is 3.52. The molecule has 0 spiro atoms. The fourth-order valence-corrected chi connectivity index (χ4v) is 0.779. The number of aromatic nitrogens is 1. The Labute approximate surface area is 77.8 Å². The van der Waals surface area contributed by atoms with Gasteiger partial charge in [0.25, 0.3) is 0 Å². The Balaban J connectivity index is 3.07. The van der Waals surface area contributed by atoms with Crippen LogP contribution in [0.1, 0.15) is 11.3 Å². The SMILES string of the molecule is O=CC#Cc1cc(C(F)(F)F)ccn1. The number of hydrogen-bond donors (Lipinski definition) is 0. The molecule has 0 radical (unpaired) electrons. The highest BCUT2D eigenvalue weighted by atomic mass is 19.4. The third-order valence-corrected chi connectivity index (χ3v) is 1.35. The van der Waals surface area contributed by atoms with Crippen molar-refractivity contribution in [3.8, 4) is 11.8 Å². The molecule has 1 heterocycles. The molecule has 0 aliphatic carbocycles. The lowest BCUT2D eigenvalue weighted by molar-refractivity contribution is -0.137. The van der Waals surface area contributed by atoms with Crippen LogP contribution in [0.15, 0.2) is 18.3 Å². The summed E-state index contributed by atoms with van der Waals surface area (Å²) in [6, 6.07) is 1.63. The monoisotopic (exact) mass is 199 g/mol. The first-order valence-electron chi connectivity index (χ1n) is 3.52. The third-order valence-electron chi connectivity index (χ3n) is 1.35. The molecule has 0 amide bonds. The van der Waals surface area contributed by atoms with Gasteiger partial charge in [-0.25, -0.2) is 4.98 Å². The second kappa shape index (κ2) is 3.92. The molecule has 0 atom stereocenters. The van der Waals surface area contributed by atoms with Crippen LogP contribution in [0, 0.1) is 11.8 Å². The second-order valence-electron chi connectivity index (χ2n) is 2.31. The summed E-state index contributed by atoms with van der Waals surface area (Å²) in [5, 5.41) is 0. The van der Waals surface area contributed by atoms with E-state index in [1.54, 1.807) is 0 Å². The normalized spacial score (nSPS) is 10.2. The van der Waals surface area contributed by atoms with Crippen LogP contribution in [0.2, 0.25) is 0 Å². The first kappa shape index (κ1) is 10.3. The maximum atomic E-state index is 12.1. The first-order chi connectivity index (χ1) is 6.54. The van der Waals surface area contributed by atoms with Crippen molar-refractivity contribution in [2.45, 2.75) is 6.18 Å². The van der Waals surface area contributed by atoms with Crippen LogP contribution in [0.25, 0.3) is 0 Å². The molecule has 0 aliphatic heterocycles.